The van der Waals surface area contributed by atoms with Crippen LogP contribution >= 0.6 is 0 Å². The monoisotopic (exact) mass is 336 g/mol. The van der Waals surface area contributed by atoms with E-state index in [0.29, 0.717) is 19.3 Å². The number of fused-ring (bicyclic) bond motifs is 3. The lowest BCUT2D eigenvalue weighted by atomic mass is 9.40. The van der Waals surface area contributed by atoms with Gasteiger partial charge in [-0.05, 0) is 30.6 Å². The number of carbonyl (C=O) groups is 3. The normalized spacial score (nSPS) is 49.5. The summed E-state index contributed by atoms with van der Waals surface area (Å²) in [4.78, 5) is 37.2. The van der Waals surface area contributed by atoms with Crippen LogP contribution in [0.3, 0.4) is 0 Å². The Morgan fingerprint density at radius 1 is 1.25 bits per heavy atom. The molecular formula is C18H24O6. The van der Waals surface area contributed by atoms with Crippen molar-refractivity contribution in [3.05, 3.63) is 0 Å². The first-order valence-corrected chi connectivity index (χ1v) is 8.80. The lowest BCUT2D eigenvalue weighted by Crippen LogP contribution is -2.74. The predicted molar refractivity (Wildman–Crippen MR) is 82.0 cm³/mol. The number of hydrogen-bond acceptors (Lipinski definition) is 5. The van der Waals surface area contributed by atoms with E-state index in [-0.39, 0.29) is 36.6 Å². The second-order valence-electron chi connectivity index (χ2n) is 8.67. The molecule has 5 fully saturated rings. The zero-order valence-electron chi connectivity index (χ0n) is 14.0. The molecule has 6 nitrogen and oxygen atoms in total. The van der Waals surface area contributed by atoms with E-state index in [2.05, 4.69) is 0 Å². The number of carboxylic acid groups (broad SMARTS) is 1. The Kier molecular flexibility index (Phi) is 3.30. The quantitative estimate of drug-likeness (QED) is 0.742. The molecule has 0 amide bonds. The molecule has 3 aliphatic carbocycles. The van der Waals surface area contributed by atoms with Crippen LogP contribution in [-0.2, 0) is 19.1 Å². The number of hydrogen-bond donors (Lipinski definition) is 2. The van der Waals surface area contributed by atoms with Crippen molar-refractivity contribution in [1.82, 2.24) is 0 Å². The Balaban J connectivity index is 1.81. The highest BCUT2D eigenvalue weighted by Crippen LogP contribution is 2.65. The van der Waals surface area contributed by atoms with E-state index < -0.39 is 40.7 Å². The van der Waals surface area contributed by atoms with Gasteiger partial charge in [-0.2, -0.15) is 0 Å². The number of carbonyl (C=O) groups excluding carboxylic acids is 2. The van der Waals surface area contributed by atoms with Gasteiger partial charge in [0.1, 0.15) is 11.9 Å². The minimum absolute atomic E-state index is 0.0957. The molecule has 2 saturated heterocycles. The van der Waals surface area contributed by atoms with Gasteiger partial charge < -0.3 is 14.9 Å². The molecule has 2 heterocycles. The third kappa shape index (κ3) is 1.76. The molecule has 0 aromatic heterocycles. The molecule has 5 aliphatic rings. The second kappa shape index (κ2) is 4.88. The Bertz CT molecular complexity index is 625. The fourth-order valence-electron chi connectivity index (χ4n) is 6.28. The van der Waals surface area contributed by atoms with Crippen molar-refractivity contribution in [3.63, 3.8) is 0 Å². The summed E-state index contributed by atoms with van der Waals surface area (Å²) >= 11 is 0. The molecule has 132 valence electrons. The molecule has 7 unspecified atom stereocenters. The largest absolute Gasteiger partial charge is 0.481 e. The smallest absolute Gasteiger partial charge is 0.306 e. The van der Waals surface area contributed by atoms with Gasteiger partial charge in [0.2, 0.25) is 0 Å². The molecule has 1 spiro atoms. The summed E-state index contributed by atoms with van der Waals surface area (Å²) in [6.45, 7) is 4.21. The molecule has 5 rings (SSSR count). The molecule has 7 atom stereocenters. The van der Waals surface area contributed by atoms with Crippen LogP contribution in [0.1, 0.15) is 39.5 Å². The highest BCUT2D eigenvalue weighted by molar-refractivity contribution is 5.95. The summed E-state index contributed by atoms with van der Waals surface area (Å²) in [7, 11) is 0. The number of aliphatic hydroxyl groups is 1. The lowest BCUT2D eigenvalue weighted by Gasteiger charge is -2.66. The average molecular weight is 336 g/mol. The number of carboxylic acids is 1. The third-order valence-corrected chi connectivity index (χ3v) is 7.43. The lowest BCUT2D eigenvalue weighted by molar-refractivity contribution is -0.262. The van der Waals surface area contributed by atoms with Gasteiger partial charge in [-0.15, -0.1) is 0 Å². The summed E-state index contributed by atoms with van der Waals surface area (Å²) in [6.07, 6.45) is 0.103. The van der Waals surface area contributed by atoms with Crippen molar-refractivity contribution in [1.29, 1.82) is 0 Å². The summed E-state index contributed by atoms with van der Waals surface area (Å²) < 4.78 is 5.97. The molecular weight excluding hydrogens is 312 g/mol. The molecule has 0 aromatic rings. The van der Waals surface area contributed by atoms with Crippen LogP contribution < -0.4 is 0 Å². The summed E-state index contributed by atoms with van der Waals surface area (Å²) in [5, 5.41) is 20.1. The fourth-order valence-corrected chi connectivity index (χ4v) is 6.28. The van der Waals surface area contributed by atoms with Crippen molar-refractivity contribution in [2.24, 2.45) is 34.5 Å². The van der Waals surface area contributed by atoms with Crippen LogP contribution in [-0.4, -0.2) is 46.6 Å². The molecule has 0 radical (unpaired) electrons. The maximum Gasteiger partial charge on any atom is 0.306 e. The van der Waals surface area contributed by atoms with Crippen molar-refractivity contribution < 1.29 is 29.3 Å². The van der Waals surface area contributed by atoms with E-state index in [1.165, 1.54) is 0 Å². The molecule has 2 bridgehead atoms. The first kappa shape index (κ1) is 16.2. The van der Waals surface area contributed by atoms with Crippen LogP contribution in [0, 0.1) is 34.5 Å². The van der Waals surface area contributed by atoms with Crippen LogP contribution in [0.15, 0.2) is 0 Å². The highest BCUT2D eigenvalue weighted by atomic mass is 16.5. The predicted octanol–water partition coefficient (Wildman–Crippen LogP) is 1.05. The Morgan fingerprint density at radius 3 is 2.58 bits per heavy atom. The molecule has 3 saturated carbocycles. The SMILES string of the molecule is CC1(C)C2CC(=O)C3(CO2)C2CCC(C(=O)O)CC2C(=O)C(O)C13. The molecule has 2 N–H and O–H groups in total. The summed E-state index contributed by atoms with van der Waals surface area (Å²) in [5.41, 5.74) is -1.28. The van der Waals surface area contributed by atoms with E-state index in [1.807, 2.05) is 13.8 Å². The van der Waals surface area contributed by atoms with Crippen LogP contribution in [0.25, 0.3) is 0 Å². The molecule has 2 aliphatic heterocycles. The van der Waals surface area contributed by atoms with E-state index in [0.717, 1.165) is 0 Å². The van der Waals surface area contributed by atoms with Gasteiger partial charge in [-0.3, -0.25) is 14.4 Å². The summed E-state index contributed by atoms with van der Waals surface area (Å²) in [6, 6.07) is 0. The van der Waals surface area contributed by atoms with Gasteiger partial charge in [0.25, 0.3) is 0 Å². The maximum atomic E-state index is 13.0. The van der Waals surface area contributed by atoms with E-state index >= 15 is 0 Å². The van der Waals surface area contributed by atoms with Crippen molar-refractivity contribution in [2.75, 3.05) is 6.61 Å². The minimum Gasteiger partial charge on any atom is -0.481 e. The third-order valence-electron chi connectivity index (χ3n) is 7.43. The Morgan fingerprint density at radius 2 is 1.96 bits per heavy atom. The van der Waals surface area contributed by atoms with E-state index in [9.17, 15) is 24.6 Å². The van der Waals surface area contributed by atoms with Crippen molar-refractivity contribution in [3.8, 4) is 0 Å². The van der Waals surface area contributed by atoms with Crippen LogP contribution in [0.2, 0.25) is 0 Å². The van der Waals surface area contributed by atoms with Crippen LogP contribution in [0.5, 0.6) is 0 Å². The first-order valence-electron chi connectivity index (χ1n) is 8.80. The summed E-state index contributed by atoms with van der Waals surface area (Å²) in [5.74, 6) is -2.83. The average Bonchev–Trinajstić information content (AvgIpc) is 2.53. The minimum atomic E-state index is -1.20. The number of Topliss-reactive ketones (excluding diaryl/α,β-unsaturated/α-hetero) is 2. The molecule has 0 aromatic carbocycles. The van der Waals surface area contributed by atoms with Gasteiger partial charge in [0.05, 0.1) is 24.0 Å². The van der Waals surface area contributed by atoms with Crippen molar-refractivity contribution in [2.45, 2.75) is 51.7 Å². The van der Waals surface area contributed by atoms with Gasteiger partial charge in [-0.25, -0.2) is 0 Å². The second-order valence-corrected chi connectivity index (χ2v) is 8.67. The van der Waals surface area contributed by atoms with Gasteiger partial charge in [-0.1, -0.05) is 13.8 Å². The number of aliphatic carboxylic acids is 1. The molecule has 6 heteroatoms. The Labute approximate surface area is 140 Å². The van der Waals surface area contributed by atoms with Gasteiger partial charge >= 0.3 is 5.97 Å². The van der Waals surface area contributed by atoms with E-state index in [4.69, 9.17) is 4.74 Å². The van der Waals surface area contributed by atoms with Gasteiger partial charge in [0, 0.05) is 18.3 Å². The zero-order chi connectivity index (χ0) is 17.4. The standard InChI is InChI=1S/C18H24O6/c1-17(2)12-6-11(19)18(7-24-12)10-4-3-8(16(22)23)5-9(10)13(20)14(21)15(17)18/h8-10,12,14-15,21H,3-7H2,1-2H3,(H,22,23). The number of ether oxygens (including phenoxy) is 1. The first-order chi connectivity index (χ1) is 11.2. The Hall–Kier alpha value is -1.27. The topological polar surface area (TPSA) is 101 Å². The van der Waals surface area contributed by atoms with Crippen LogP contribution in [0.4, 0.5) is 0 Å². The van der Waals surface area contributed by atoms with Gasteiger partial charge in [0.15, 0.2) is 5.78 Å². The fraction of sp³-hybridized carbons (Fsp3) is 0.833. The van der Waals surface area contributed by atoms with E-state index in [1.54, 1.807) is 0 Å². The number of aliphatic hydroxyl groups excluding tert-OH is 1. The van der Waals surface area contributed by atoms with Crippen molar-refractivity contribution >= 4 is 17.5 Å². The number of rotatable bonds is 1. The molecule has 24 heavy (non-hydrogen) atoms. The zero-order valence-corrected chi connectivity index (χ0v) is 14.0. The highest BCUT2D eigenvalue weighted by Gasteiger charge is 2.72. The number of ketones is 2. The maximum absolute atomic E-state index is 13.0.